The molecule has 1 aromatic carbocycles. The first-order valence-electron chi connectivity index (χ1n) is 9.52. The van der Waals surface area contributed by atoms with Crippen molar-refractivity contribution in [2.24, 2.45) is 0 Å². The third kappa shape index (κ3) is 4.38. The SMILES string of the molecule is O=C(NC1CCCCC1)N[C@H]1CO[C@H]2[C@@H]1OC[C@@H]2Oc1ccc(F)c(Br)c1. The van der Waals surface area contributed by atoms with E-state index in [1.807, 2.05) is 0 Å². The molecule has 2 amide bonds. The number of carbonyl (C=O) groups is 1. The zero-order valence-corrected chi connectivity index (χ0v) is 16.5. The van der Waals surface area contributed by atoms with Gasteiger partial charge in [0.25, 0.3) is 0 Å². The van der Waals surface area contributed by atoms with Crippen molar-refractivity contribution in [3.8, 4) is 5.75 Å². The van der Waals surface area contributed by atoms with Crippen LogP contribution in [0.1, 0.15) is 32.1 Å². The van der Waals surface area contributed by atoms with Gasteiger partial charge < -0.3 is 24.8 Å². The number of carbonyl (C=O) groups excluding carboxylic acids is 1. The Labute approximate surface area is 166 Å². The van der Waals surface area contributed by atoms with E-state index in [1.165, 1.54) is 25.3 Å². The van der Waals surface area contributed by atoms with Gasteiger partial charge in [0, 0.05) is 6.04 Å². The first kappa shape index (κ1) is 19.0. The van der Waals surface area contributed by atoms with Gasteiger partial charge in [0.2, 0.25) is 0 Å². The minimum Gasteiger partial charge on any atom is -0.485 e. The number of halogens is 2. The summed E-state index contributed by atoms with van der Waals surface area (Å²) in [6, 6.07) is 4.41. The van der Waals surface area contributed by atoms with Gasteiger partial charge in [-0.25, -0.2) is 9.18 Å². The molecule has 2 saturated heterocycles. The van der Waals surface area contributed by atoms with Gasteiger partial charge >= 0.3 is 6.03 Å². The van der Waals surface area contributed by atoms with E-state index in [0.717, 1.165) is 12.8 Å². The monoisotopic (exact) mass is 442 g/mol. The van der Waals surface area contributed by atoms with Crippen molar-refractivity contribution in [1.82, 2.24) is 10.6 Å². The fraction of sp³-hybridized carbons (Fsp3) is 0.632. The number of urea groups is 1. The predicted molar refractivity (Wildman–Crippen MR) is 100 cm³/mol. The van der Waals surface area contributed by atoms with Gasteiger partial charge in [-0.2, -0.15) is 0 Å². The number of amides is 2. The van der Waals surface area contributed by atoms with Gasteiger partial charge in [-0.3, -0.25) is 0 Å². The summed E-state index contributed by atoms with van der Waals surface area (Å²) >= 11 is 3.16. The van der Waals surface area contributed by atoms with E-state index in [-0.39, 0.29) is 42.2 Å². The highest BCUT2D eigenvalue weighted by molar-refractivity contribution is 9.10. The van der Waals surface area contributed by atoms with Crippen LogP contribution >= 0.6 is 15.9 Å². The van der Waals surface area contributed by atoms with Crippen LogP contribution in [0, 0.1) is 5.82 Å². The summed E-state index contributed by atoms with van der Waals surface area (Å²) in [5.41, 5.74) is 0. The van der Waals surface area contributed by atoms with Crippen LogP contribution in [0.15, 0.2) is 22.7 Å². The molecule has 1 aromatic rings. The molecule has 2 N–H and O–H groups in total. The van der Waals surface area contributed by atoms with E-state index < -0.39 is 0 Å². The molecule has 1 aliphatic carbocycles. The topological polar surface area (TPSA) is 68.8 Å². The standard InChI is InChI=1S/C19H24BrFN2O4/c20-13-8-12(6-7-14(13)21)27-16-10-26-17-15(9-25-18(16)17)23-19(24)22-11-4-2-1-3-5-11/h6-8,11,15-18H,1-5,9-10H2,(H2,22,23,24)/t15-,16-,17+,18+/m0/s1. The molecule has 3 fully saturated rings. The molecule has 0 radical (unpaired) electrons. The van der Waals surface area contributed by atoms with Gasteiger partial charge in [-0.15, -0.1) is 0 Å². The molecule has 4 rings (SSSR count). The van der Waals surface area contributed by atoms with Crippen molar-refractivity contribution in [3.63, 3.8) is 0 Å². The molecule has 8 heteroatoms. The molecule has 27 heavy (non-hydrogen) atoms. The molecule has 1 saturated carbocycles. The van der Waals surface area contributed by atoms with Crippen LogP contribution in [0.25, 0.3) is 0 Å². The molecule has 6 nitrogen and oxygen atoms in total. The summed E-state index contributed by atoms with van der Waals surface area (Å²) in [5, 5.41) is 6.04. The van der Waals surface area contributed by atoms with Crippen LogP contribution in [0.3, 0.4) is 0 Å². The van der Waals surface area contributed by atoms with Gasteiger partial charge in [0.1, 0.15) is 23.8 Å². The zero-order chi connectivity index (χ0) is 18.8. The highest BCUT2D eigenvalue weighted by Crippen LogP contribution is 2.31. The summed E-state index contributed by atoms with van der Waals surface area (Å²) in [5.74, 6) is 0.209. The second-order valence-electron chi connectivity index (χ2n) is 7.39. The lowest BCUT2D eigenvalue weighted by Gasteiger charge is -2.24. The zero-order valence-electron chi connectivity index (χ0n) is 15.0. The summed E-state index contributed by atoms with van der Waals surface area (Å²) in [7, 11) is 0. The highest BCUT2D eigenvalue weighted by Gasteiger charge is 2.49. The molecule has 0 unspecified atom stereocenters. The van der Waals surface area contributed by atoms with Crippen LogP contribution < -0.4 is 15.4 Å². The van der Waals surface area contributed by atoms with Crippen molar-refractivity contribution in [2.45, 2.75) is 62.5 Å². The minimum absolute atomic E-state index is 0.161. The maximum atomic E-state index is 13.4. The number of ether oxygens (including phenoxy) is 3. The van der Waals surface area contributed by atoms with Crippen molar-refractivity contribution in [3.05, 3.63) is 28.5 Å². The Bertz CT molecular complexity index is 686. The number of rotatable bonds is 4. The molecule has 2 heterocycles. The van der Waals surface area contributed by atoms with E-state index in [4.69, 9.17) is 14.2 Å². The fourth-order valence-corrected chi connectivity index (χ4v) is 4.41. The maximum absolute atomic E-state index is 13.4. The third-order valence-electron chi connectivity index (χ3n) is 5.44. The number of nitrogens with one attached hydrogen (secondary N) is 2. The summed E-state index contributed by atoms with van der Waals surface area (Å²) in [6.45, 7) is 0.757. The van der Waals surface area contributed by atoms with E-state index in [9.17, 15) is 9.18 Å². The largest absolute Gasteiger partial charge is 0.485 e. The highest BCUT2D eigenvalue weighted by atomic mass is 79.9. The van der Waals surface area contributed by atoms with Crippen molar-refractivity contribution in [1.29, 1.82) is 0 Å². The van der Waals surface area contributed by atoms with Gasteiger partial charge in [-0.05, 0) is 47.0 Å². The molecule has 0 aromatic heterocycles. The van der Waals surface area contributed by atoms with Crippen molar-refractivity contribution < 1.29 is 23.4 Å². The van der Waals surface area contributed by atoms with E-state index in [0.29, 0.717) is 23.4 Å². The fourth-order valence-electron chi connectivity index (χ4n) is 4.06. The Hall–Kier alpha value is -1.38. The normalized spacial score (nSPS) is 30.7. The summed E-state index contributed by atoms with van der Waals surface area (Å²) < 4.78 is 31.3. The third-order valence-corrected chi connectivity index (χ3v) is 6.05. The Morgan fingerprint density at radius 1 is 1.11 bits per heavy atom. The molecule has 4 atom stereocenters. The maximum Gasteiger partial charge on any atom is 0.315 e. The molecular weight excluding hydrogens is 419 g/mol. The average Bonchev–Trinajstić information content (AvgIpc) is 3.23. The van der Waals surface area contributed by atoms with Crippen LogP contribution in [0.4, 0.5) is 9.18 Å². The first-order valence-corrected chi connectivity index (χ1v) is 10.3. The van der Waals surface area contributed by atoms with Crippen LogP contribution in [0.5, 0.6) is 5.75 Å². The predicted octanol–water partition coefficient (Wildman–Crippen LogP) is 3.13. The molecule has 3 aliphatic rings. The number of fused-ring (bicyclic) bond motifs is 1. The molecule has 0 bridgehead atoms. The van der Waals surface area contributed by atoms with E-state index >= 15 is 0 Å². The molecule has 148 valence electrons. The Morgan fingerprint density at radius 2 is 1.89 bits per heavy atom. The van der Waals surface area contributed by atoms with E-state index in [1.54, 1.807) is 12.1 Å². The van der Waals surface area contributed by atoms with Crippen molar-refractivity contribution >= 4 is 22.0 Å². The molecule has 2 aliphatic heterocycles. The van der Waals surface area contributed by atoms with Gasteiger partial charge in [-0.1, -0.05) is 19.3 Å². The lowest BCUT2D eigenvalue weighted by molar-refractivity contribution is 0.0303. The Morgan fingerprint density at radius 3 is 2.67 bits per heavy atom. The minimum atomic E-state index is -0.340. The lowest BCUT2D eigenvalue weighted by Crippen LogP contribution is -2.51. The molecular formula is C19H24BrFN2O4. The van der Waals surface area contributed by atoms with Crippen LogP contribution in [0.2, 0.25) is 0 Å². The number of hydrogen-bond acceptors (Lipinski definition) is 4. The van der Waals surface area contributed by atoms with Crippen LogP contribution in [-0.2, 0) is 9.47 Å². The summed E-state index contributed by atoms with van der Waals surface area (Å²) in [4.78, 5) is 12.3. The quantitative estimate of drug-likeness (QED) is 0.751. The first-order chi connectivity index (χ1) is 13.1. The smallest absolute Gasteiger partial charge is 0.315 e. The lowest BCUT2D eigenvalue weighted by atomic mass is 9.96. The summed E-state index contributed by atoms with van der Waals surface area (Å²) in [6.07, 6.45) is 4.89. The Kier molecular flexibility index (Phi) is 5.85. The van der Waals surface area contributed by atoms with Gasteiger partial charge in [0.15, 0.2) is 6.10 Å². The average molecular weight is 443 g/mol. The molecule has 0 spiro atoms. The van der Waals surface area contributed by atoms with Crippen molar-refractivity contribution in [2.75, 3.05) is 13.2 Å². The number of hydrogen-bond donors (Lipinski definition) is 2. The van der Waals surface area contributed by atoms with Gasteiger partial charge in [0.05, 0.1) is 23.7 Å². The Balaban J connectivity index is 1.30. The van der Waals surface area contributed by atoms with E-state index in [2.05, 4.69) is 26.6 Å². The second kappa shape index (κ2) is 8.32. The number of benzene rings is 1. The van der Waals surface area contributed by atoms with Crippen LogP contribution in [-0.4, -0.2) is 49.6 Å². The second-order valence-corrected chi connectivity index (χ2v) is 8.24.